The van der Waals surface area contributed by atoms with Crippen molar-refractivity contribution < 1.29 is 4.79 Å². The average molecular weight is 221 g/mol. The molecule has 0 radical (unpaired) electrons. The van der Waals surface area contributed by atoms with Crippen LogP contribution in [-0.2, 0) is 4.79 Å². The van der Waals surface area contributed by atoms with Crippen molar-refractivity contribution in [2.24, 2.45) is 0 Å². The van der Waals surface area contributed by atoms with Crippen LogP contribution in [0.5, 0.6) is 0 Å². The molecule has 0 aromatic carbocycles. The Morgan fingerprint density at radius 3 is 2.50 bits per heavy atom. The maximum Gasteiger partial charge on any atom is 0.242 e. The van der Waals surface area contributed by atoms with E-state index < -0.39 is 0 Å². The van der Waals surface area contributed by atoms with Crippen LogP contribution in [0.25, 0.3) is 0 Å². The summed E-state index contributed by atoms with van der Waals surface area (Å²) in [6.07, 6.45) is 1.77. The van der Waals surface area contributed by atoms with Crippen LogP contribution < -0.4 is 10.6 Å². The molecule has 0 saturated heterocycles. The number of pyridine rings is 1. The molecule has 4 heteroatoms. The van der Waals surface area contributed by atoms with Gasteiger partial charge in [-0.1, -0.05) is 6.07 Å². The number of hydrogen-bond donors (Lipinski definition) is 2. The molecule has 1 aromatic heterocycles. The molecule has 1 rings (SSSR count). The number of carbonyl (C=O) groups excluding carboxylic acids is 1. The Balaban J connectivity index is 2.53. The second-order valence-corrected chi connectivity index (χ2v) is 4.25. The number of amides is 1. The Bertz CT molecular complexity index is 346. The molecular formula is C12H19N3O. The number of nitrogens with one attached hydrogen (secondary N) is 2. The van der Waals surface area contributed by atoms with Crippen LogP contribution in [0, 0.1) is 6.92 Å². The highest BCUT2D eigenvalue weighted by Gasteiger charge is 2.13. The highest BCUT2D eigenvalue weighted by atomic mass is 16.2. The van der Waals surface area contributed by atoms with Gasteiger partial charge in [0.15, 0.2) is 0 Å². The standard InChI is InChI=1S/C12H19N3O/c1-8(2)14-12(16)10(4)15-11-6-5-9(3)7-13-11/h5-8,10H,1-4H3,(H,13,15)(H,14,16). The lowest BCUT2D eigenvalue weighted by Crippen LogP contribution is -2.41. The van der Waals surface area contributed by atoms with Gasteiger partial charge in [0.05, 0.1) is 0 Å². The first-order valence-corrected chi connectivity index (χ1v) is 5.48. The van der Waals surface area contributed by atoms with Gasteiger partial charge in [-0.2, -0.15) is 0 Å². The molecule has 0 fully saturated rings. The minimum absolute atomic E-state index is 0.0163. The second kappa shape index (κ2) is 5.49. The lowest BCUT2D eigenvalue weighted by molar-refractivity contribution is -0.122. The lowest BCUT2D eigenvalue weighted by atomic mass is 10.2. The molecule has 0 aliphatic rings. The highest BCUT2D eigenvalue weighted by Crippen LogP contribution is 2.05. The summed E-state index contributed by atoms with van der Waals surface area (Å²) >= 11 is 0. The summed E-state index contributed by atoms with van der Waals surface area (Å²) in [6, 6.07) is 3.71. The Morgan fingerprint density at radius 1 is 1.31 bits per heavy atom. The molecule has 1 unspecified atom stereocenters. The van der Waals surface area contributed by atoms with Crippen LogP contribution >= 0.6 is 0 Å². The molecule has 0 bridgehead atoms. The topological polar surface area (TPSA) is 54.0 Å². The normalized spacial score (nSPS) is 12.3. The van der Waals surface area contributed by atoms with Gasteiger partial charge in [-0.05, 0) is 39.3 Å². The zero-order valence-corrected chi connectivity index (χ0v) is 10.2. The van der Waals surface area contributed by atoms with Crippen molar-refractivity contribution >= 4 is 11.7 Å². The number of aromatic nitrogens is 1. The van der Waals surface area contributed by atoms with Crippen LogP contribution in [-0.4, -0.2) is 23.0 Å². The number of rotatable bonds is 4. The monoisotopic (exact) mass is 221 g/mol. The molecular weight excluding hydrogens is 202 g/mol. The van der Waals surface area contributed by atoms with E-state index in [0.717, 1.165) is 11.4 Å². The first-order chi connectivity index (χ1) is 7.49. The van der Waals surface area contributed by atoms with Gasteiger partial charge in [0.25, 0.3) is 0 Å². The third-order valence-corrected chi connectivity index (χ3v) is 2.10. The molecule has 0 spiro atoms. The molecule has 1 aromatic rings. The molecule has 88 valence electrons. The summed E-state index contributed by atoms with van der Waals surface area (Å²) in [7, 11) is 0. The quantitative estimate of drug-likeness (QED) is 0.814. The third-order valence-electron chi connectivity index (χ3n) is 2.10. The molecule has 2 N–H and O–H groups in total. The van der Waals surface area contributed by atoms with Crippen LogP contribution in [0.1, 0.15) is 26.3 Å². The van der Waals surface area contributed by atoms with Gasteiger partial charge in [0, 0.05) is 12.2 Å². The smallest absolute Gasteiger partial charge is 0.242 e. The fourth-order valence-electron chi connectivity index (χ4n) is 1.25. The van der Waals surface area contributed by atoms with Crippen molar-refractivity contribution in [2.75, 3.05) is 5.32 Å². The van der Waals surface area contributed by atoms with E-state index >= 15 is 0 Å². The predicted molar refractivity (Wildman–Crippen MR) is 65.3 cm³/mol. The van der Waals surface area contributed by atoms with Crippen LogP contribution in [0.4, 0.5) is 5.82 Å². The SMILES string of the molecule is Cc1ccc(NC(C)C(=O)NC(C)C)nc1. The third kappa shape index (κ3) is 3.88. The highest BCUT2D eigenvalue weighted by molar-refractivity contribution is 5.84. The van der Waals surface area contributed by atoms with Crippen molar-refractivity contribution in [3.8, 4) is 0 Å². The molecule has 0 aliphatic carbocycles. The van der Waals surface area contributed by atoms with Gasteiger partial charge in [0.2, 0.25) is 5.91 Å². The van der Waals surface area contributed by atoms with Gasteiger partial charge < -0.3 is 10.6 Å². The van der Waals surface area contributed by atoms with Crippen molar-refractivity contribution in [3.63, 3.8) is 0 Å². The number of carbonyl (C=O) groups is 1. The first-order valence-electron chi connectivity index (χ1n) is 5.48. The number of nitrogens with zero attached hydrogens (tertiary/aromatic N) is 1. The van der Waals surface area contributed by atoms with Gasteiger partial charge in [-0.15, -0.1) is 0 Å². The van der Waals surface area contributed by atoms with E-state index in [0.29, 0.717) is 0 Å². The van der Waals surface area contributed by atoms with Gasteiger partial charge in [-0.3, -0.25) is 4.79 Å². The maximum absolute atomic E-state index is 11.6. The molecule has 1 heterocycles. The molecule has 1 atom stereocenters. The van der Waals surface area contributed by atoms with E-state index in [1.54, 1.807) is 6.20 Å². The zero-order chi connectivity index (χ0) is 12.1. The molecule has 0 saturated carbocycles. The van der Waals surface area contributed by atoms with E-state index in [4.69, 9.17) is 0 Å². The summed E-state index contributed by atoms with van der Waals surface area (Å²) in [5.74, 6) is 0.703. The largest absolute Gasteiger partial charge is 0.359 e. The van der Waals surface area contributed by atoms with Crippen molar-refractivity contribution in [1.29, 1.82) is 0 Å². The first kappa shape index (κ1) is 12.5. The van der Waals surface area contributed by atoms with Gasteiger partial charge in [-0.25, -0.2) is 4.98 Å². The minimum atomic E-state index is -0.280. The van der Waals surface area contributed by atoms with Gasteiger partial charge in [0.1, 0.15) is 11.9 Å². The predicted octanol–water partition coefficient (Wildman–Crippen LogP) is 1.72. The molecule has 0 aliphatic heterocycles. The number of aryl methyl sites for hydroxylation is 1. The van der Waals surface area contributed by atoms with Crippen LogP contribution in [0.2, 0.25) is 0 Å². The Labute approximate surface area is 96.5 Å². The van der Waals surface area contributed by atoms with E-state index in [1.165, 1.54) is 0 Å². The lowest BCUT2D eigenvalue weighted by Gasteiger charge is -2.16. The summed E-state index contributed by atoms with van der Waals surface area (Å²) in [4.78, 5) is 15.8. The maximum atomic E-state index is 11.6. The summed E-state index contributed by atoms with van der Waals surface area (Å²) in [5.41, 5.74) is 1.10. The average Bonchev–Trinajstić information content (AvgIpc) is 2.20. The molecule has 4 nitrogen and oxygen atoms in total. The Morgan fingerprint density at radius 2 is 2.00 bits per heavy atom. The van der Waals surface area contributed by atoms with E-state index in [2.05, 4.69) is 15.6 Å². The summed E-state index contributed by atoms with van der Waals surface area (Å²) < 4.78 is 0. The molecule has 1 amide bonds. The van der Waals surface area contributed by atoms with E-state index in [1.807, 2.05) is 39.8 Å². The summed E-state index contributed by atoms with van der Waals surface area (Å²) in [5, 5.41) is 5.90. The van der Waals surface area contributed by atoms with Crippen molar-refractivity contribution in [1.82, 2.24) is 10.3 Å². The second-order valence-electron chi connectivity index (χ2n) is 4.25. The fourth-order valence-corrected chi connectivity index (χ4v) is 1.25. The Hall–Kier alpha value is -1.58. The number of anilines is 1. The summed E-state index contributed by atoms with van der Waals surface area (Å²) in [6.45, 7) is 7.68. The van der Waals surface area contributed by atoms with Crippen molar-refractivity contribution in [2.45, 2.75) is 39.8 Å². The van der Waals surface area contributed by atoms with Gasteiger partial charge >= 0.3 is 0 Å². The van der Waals surface area contributed by atoms with E-state index in [9.17, 15) is 4.79 Å². The minimum Gasteiger partial charge on any atom is -0.359 e. The van der Waals surface area contributed by atoms with Crippen LogP contribution in [0.15, 0.2) is 18.3 Å². The van der Waals surface area contributed by atoms with E-state index in [-0.39, 0.29) is 18.0 Å². The Kier molecular flexibility index (Phi) is 4.28. The van der Waals surface area contributed by atoms with Crippen molar-refractivity contribution in [3.05, 3.63) is 23.9 Å². The molecule has 16 heavy (non-hydrogen) atoms. The van der Waals surface area contributed by atoms with Crippen LogP contribution in [0.3, 0.4) is 0 Å². The zero-order valence-electron chi connectivity index (χ0n) is 10.2. The fraction of sp³-hybridized carbons (Fsp3) is 0.500. The number of hydrogen-bond acceptors (Lipinski definition) is 3.